The smallest absolute Gasteiger partial charge is 0.338 e. The van der Waals surface area contributed by atoms with Crippen molar-refractivity contribution in [3.8, 4) is 0 Å². The van der Waals surface area contributed by atoms with Crippen molar-refractivity contribution in [1.82, 2.24) is 0 Å². The second-order valence-electron chi connectivity index (χ2n) is 3.54. The van der Waals surface area contributed by atoms with Crippen LogP contribution < -0.4 is 0 Å². The first-order valence-electron chi connectivity index (χ1n) is 4.98. The Bertz CT molecular complexity index is 601. The van der Waals surface area contributed by atoms with Crippen molar-refractivity contribution in [3.63, 3.8) is 0 Å². The van der Waals surface area contributed by atoms with Crippen LogP contribution in [0, 0.1) is 0 Å². The molecule has 0 atom stereocenters. The molecule has 0 aliphatic rings. The Balaban J connectivity index is 2.72. The highest BCUT2D eigenvalue weighted by molar-refractivity contribution is 6.06. The van der Waals surface area contributed by atoms with Gasteiger partial charge in [0.2, 0.25) is 0 Å². The fraction of sp³-hybridized carbons (Fsp3) is 0.0769. The summed E-state index contributed by atoms with van der Waals surface area (Å²) in [6, 6.07) is 9.81. The minimum atomic E-state index is -1.02. The number of esters is 1. The molecule has 0 saturated heterocycles. The number of carboxylic acids is 1. The van der Waals surface area contributed by atoms with E-state index in [1.165, 1.54) is 19.2 Å². The molecule has 0 heterocycles. The molecule has 0 aromatic heterocycles. The van der Waals surface area contributed by atoms with E-state index in [1.54, 1.807) is 18.2 Å². The largest absolute Gasteiger partial charge is 0.478 e. The number of aromatic carboxylic acids is 1. The first-order valence-corrected chi connectivity index (χ1v) is 4.98. The standard InChI is InChI=1S/C13H10O4/c1-17-13(16)10-4-2-3-8-5-6-9(12(14)15)7-11(8)10/h2-7H,1H3,(H,14,15). The van der Waals surface area contributed by atoms with Crippen LogP contribution in [0.5, 0.6) is 0 Å². The summed E-state index contributed by atoms with van der Waals surface area (Å²) in [5, 5.41) is 10.3. The predicted molar refractivity (Wildman–Crippen MR) is 62.2 cm³/mol. The first kappa shape index (κ1) is 11.1. The van der Waals surface area contributed by atoms with E-state index >= 15 is 0 Å². The van der Waals surface area contributed by atoms with Crippen LogP contribution >= 0.6 is 0 Å². The van der Waals surface area contributed by atoms with Gasteiger partial charge >= 0.3 is 11.9 Å². The molecule has 17 heavy (non-hydrogen) atoms. The molecule has 0 unspecified atom stereocenters. The molecule has 4 nitrogen and oxygen atoms in total. The number of benzene rings is 2. The average Bonchev–Trinajstić information content (AvgIpc) is 2.36. The Labute approximate surface area is 97.4 Å². The Kier molecular flexibility index (Phi) is 2.78. The van der Waals surface area contributed by atoms with E-state index in [9.17, 15) is 9.59 Å². The third-order valence-corrected chi connectivity index (χ3v) is 2.53. The van der Waals surface area contributed by atoms with Gasteiger partial charge in [-0.1, -0.05) is 18.2 Å². The number of fused-ring (bicyclic) bond motifs is 1. The SMILES string of the molecule is COC(=O)c1cccc2ccc(C(=O)O)cc12. The summed E-state index contributed by atoms with van der Waals surface area (Å²) in [6.45, 7) is 0. The monoisotopic (exact) mass is 230 g/mol. The lowest BCUT2D eigenvalue weighted by atomic mass is 10.0. The Hall–Kier alpha value is -2.36. The van der Waals surface area contributed by atoms with Gasteiger partial charge in [-0.3, -0.25) is 0 Å². The molecule has 2 aromatic rings. The number of hydrogen-bond donors (Lipinski definition) is 1. The molecular formula is C13H10O4. The summed E-state index contributed by atoms with van der Waals surface area (Å²) >= 11 is 0. The van der Waals surface area contributed by atoms with Gasteiger partial charge in [-0.25, -0.2) is 9.59 Å². The molecule has 0 radical (unpaired) electrons. The molecule has 86 valence electrons. The lowest BCUT2D eigenvalue weighted by molar-refractivity contribution is 0.0601. The second kappa shape index (κ2) is 4.25. The van der Waals surface area contributed by atoms with Crippen molar-refractivity contribution in [2.45, 2.75) is 0 Å². The van der Waals surface area contributed by atoms with Crippen molar-refractivity contribution < 1.29 is 19.4 Å². The van der Waals surface area contributed by atoms with Gasteiger partial charge in [-0.05, 0) is 29.0 Å². The zero-order valence-electron chi connectivity index (χ0n) is 9.14. The lowest BCUT2D eigenvalue weighted by Crippen LogP contribution is -2.03. The number of ether oxygens (including phenoxy) is 1. The summed E-state index contributed by atoms with van der Waals surface area (Å²) in [4.78, 5) is 22.4. The molecule has 0 spiro atoms. The molecule has 2 aromatic carbocycles. The number of rotatable bonds is 2. The van der Waals surface area contributed by atoms with Crippen LogP contribution in [0.4, 0.5) is 0 Å². The second-order valence-corrected chi connectivity index (χ2v) is 3.54. The van der Waals surface area contributed by atoms with Crippen LogP contribution in [-0.2, 0) is 4.74 Å². The highest BCUT2D eigenvalue weighted by Crippen LogP contribution is 2.21. The van der Waals surface area contributed by atoms with Crippen LogP contribution in [0.25, 0.3) is 10.8 Å². The Morgan fingerprint density at radius 3 is 2.59 bits per heavy atom. The van der Waals surface area contributed by atoms with Gasteiger partial charge in [0, 0.05) is 0 Å². The van der Waals surface area contributed by atoms with Crippen molar-refractivity contribution in [2.75, 3.05) is 7.11 Å². The third-order valence-electron chi connectivity index (χ3n) is 2.53. The topological polar surface area (TPSA) is 63.6 Å². The first-order chi connectivity index (χ1) is 8.13. The molecular weight excluding hydrogens is 220 g/mol. The van der Waals surface area contributed by atoms with Gasteiger partial charge in [0.15, 0.2) is 0 Å². The number of carboxylic acid groups (broad SMARTS) is 1. The average molecular weight is 230 g/mol. The van der Waals surface area contributed by atoms with E-state index in [4.69, 9.17) is 5.11 Å². The third kappa shape index (κ3) is 1.97. The van der Waals surface area contributed by atoms with Gasteiger partial charge in [0.1, 0.15) is 0 Å². The minimum absolute atomic E-state index is 0.147. The molecule has 0 aliphatic heterocycles. The molecule has 0 aliphatic carbocycles. The van der Waals surface area contributed by atoms with Crippen molar-refractivity contribution in [1.29, 1.82) is 0 Å². The summed E-state index contributed by atoms with van der Waals surface area (Å²) < 4.78 is 4.66. The molecule has 1 N–H and O–H groups in total. The molecule has 0 bridgehead atoms. The van der Waals surface area contributed by atoms with Crippen molar-refractivity contribution >= 4 is 22.7 Å². The minimum Gasteiger partial charge on any atom is -0.478 e. The Morgan fingerprint density at radius 2 is 1.94 bits per heavy atom. The predicted octanol–water partition coefficient (Wildman–Crippen LogP) is 2.32. The molecule has 0 saturated carbocycles. The normalized spacial score (nSPS) is 10.2. The fourth-order valence-corrected chi connectivity index (χ4v) is 1.69. The van der Waals surface area contributed by atoms with Crippen LogP contribution in [-0.4, -0.2) is 24.2 Å². The van der Waals surface area contributed by atoms with Crippen LogP contribution in [0.3, 0.4) is 0 Å². The zero-order chi connectivity index (χ0) is 12.4. The quantitative estimate of drug-likeness (QED) is 0.804. The van der Waals surface area contributed by atoms with Crippen LogP contribution in [0.15, 0.2) is 36.4 Å². The van der Waals surface area contributed by atoms with E-state index in [0.717, 1.165) is 5.39 Å². The highest BCUT2D eigenvalue weighted by Gasteiger charge is 2.11. The summed E-state index contributed by atoms with van der Waals surface area (Å²) in [5.41, 5.74) is 0.516. The maximum Gasteiger partial charge on any atom is 0.338 e. The van der Waals surface area contributed by atoms with Gasteiger partial charge in [0.25, 0.3) is 0 Å². The van der Waals surface area contributed by atoms with Crippen LogP contribution in [0.1, 0.15) is 20.7 Å². The van der Waals surface area contributed by atoms with E-state index in [-0.39, 0.29) is 5.56 Å². The van der Waals surface area contributed by atoms with E-state index in [1.807, 2.05) is 6.07 Å². The van der Waals surface area contributed by atoms with Crippen molar-refractivity contribution in [2.24, 2.45) is 0 Å². The summed E-state index contributed by atoms with van der Waals surface area (Å²) in [5.74, 6) is -1.50. The van der Waals surface area contributed by atoms with E-state index in [0.29, 0.717) is 10.9 Å². The van der Waals surface area contributed by atoms with Gasteiger partial charge in [0.05, 0.1) is 18.2 Å². The zero-order valence-corrected chi connectivity index (χ0v) is 9.14. The summed E-state index contributed by atoms with van der Waals surface area (Å²) in [6.07, 6.45) is 0. The Morgan fingerprint density at radius 1 is 1.18 bits per heavy atom. The number of methoxy groups -OCH3 is 1. The molecule has 0 fully saturated rings. The maximum absolute atomic E-state index is 11.5. The van der Waals surface area contributed by atoms with E-state index in [2.05, 4.69) is 4.74 Å². The van der Waals surface area contributed by atoms with E-state index < -0.39 is 11.9 Å². The summed E-state index contributed by atoms with van der Waals surface area (Å²) in [7, 11) is 1.29. The fourth-order valence-electron chi connectivity index (χ4n) is 1.69. The molecule has 4 heteroatoms. The number of carbonyl (C=O) groups is 2. The molecule has 0 amide bonds. The molecule has 2 rings (SSSR count). The van der Waals surface area contributed by atoms with Crippen molar-refractivity contribution in [3.05, 3.63) is 47.5 Å². The van der Waals surface area contributed by atoms with Gasteiger partial charge < -0.3 is 9.84 Å². The van der Waals surface area contributed by atoms with Crippen LogP contribution in [0.2, 0.25) is 0 Å². The van der Waals surface area contributed by atoms with Gasteiger partial charge in [-0.15, -0.1) is 0 Å². The number of carbonyl (C=O) groups excluding carboxylic acids is 1. The highest BCUT2D eigenvalue weighted by atomic mass is 16.5. The number of hydrogen-bond acceptors (Lipinski definition) is 3. The lowest BCUT2D eigenvalue weighted by Gasteiger charge is -2.05. The van der Waals surface area contributed by atoms with Gasteiger partial charge in [-0.2, -0.15) is 0 Å². The maximum atomic E-state index is 11.5.